The minimum Gasteiger partial charge on any atom is -0.481 e. The molecule has 22 nitrogen and oxygen atoms in total. The number of carbonyl (C=O) groups excluding carboxylic acids is 6. The monoisotopic (exact) mass is 796 g/mol. The van der Waals surface area contributed by atoms with Crippen LogP contribution in [0, 0.1) is 0 Å². The molecule has 54 heavy (non-hydrogen) atoms. The lowest BCUT2D eigenvalue weighted by atomic mass is 10.3. The maximum absolute atomic E-state index is 11.9. The molecule has 0 aromatic heterocycles. The van der Waals surface area contributed by atoms with Gasteiger partial charge in [0.15, 0.2) is 12.2 Å². The highest BCUT2D eigenvalue weighted by atomic mass is 16.6. The van der Waals surface area contributed by atoms with Crippen LogP contribution in [-0.2, 0) is 71.6 Å². The third-order valence-corrected chi connectivity index (χ3v) is 4.79. The van der Waals surface area contributed by atoms with Gasteiger partial charge in [-0.05, 0) is 0 Å². The molecule has 0 heterocycles. The van der Waals surface area contributed by atoms with Crippen molar-refractivity contribution in [2.24, 2.45) is 0 Å². The van der Waals surface area contributed by atoms with Gasteiger partial charge in [0.1, 0.15) is 45.4 Å². The van der Waals surface area contributed by atoms with Crippen LogP contribution in [-0.4, -0.2) is 148 Å². The van der Waals surface area contributed by atoms with Crippen LogP contribution >= 0.6 is 0 Å². The molecule has 0 spiro atoms. The second kappa shape index (κ2) is 42.5. The first-order chi connectivity index (χ1) is 23.8. The van der Waals surface area contributed by atoms with Crippen molar-refractivity contribution in [1.82, 2.24) is 0 Å². The summed E-state index contributed by atoms with van der Waals surface area (Å²) < 4.78 is 29.7. The number of aliphatic carboxylic acids is 3. The van der Waals surface area contributed by atoms with Gasteiger partial charge in [-0.25, -0.2) is 0 Å². The highest BCUT2D eigenvalue weighted by molar-refractivity contribution is 5.91. The Morgan fingerprint density at radius 1 is 0.444 bits per heavy atom. The summed E-state index contributed by atoms with van der Waals surface area (Å²) in [7, 11) is 0. The minimum absolute atomic E-state index is 0. The topological polar surface area (TPSA) is 362 Å². The molecule has 22 heteroatoms. The summed E-state index contributed by atoms with van der Waals surface area (Å²) in [6.07, 6.45) is -4.00. The Labute approximate surface area is 313 Å². The van der Waals surface area contributed by atoms with Crippen molar-refractivity contribution in [3.63, 3.8) is 0 Å². The van der Waals surface area contributed by atoms with Crippen molar-refractivity contribution >= 4 is 53.7 Å². The molecule has 0 aromatic carbocycles. The van der Waals surface area contributed by atoms with Gasteiger partial charge < -0.3 is 64.5 Å². The Kier molecular flexibility index (Phi) is 50.4. The second-order valence-corrected chi connectivity index (χ2v) is 9.28. The van der Waals surface area contributed by atoms with E-state index in [4.69, 9.17) is 59.1 Å². The Bertz CT molecular complexity index is 987. The molecule has 2 unspecified atom stereocenters. The van der Waals surface area contributed by atoms with Gasteiger partial charge in [0.05, 0.1) is 13.2 Å². The van der Waals surface area contributed by atoms with Crippen LogP contribution in [0.3, 0.4) is 0 Å². The average Bonchev–Trinajstić information content (AvgIpc) is 3.09. The number of carbonyl (C=O) groups is 9. The summed E-state index contributed by atoms with van der Waals surface area (Å²) in [5.41, 5.74) is 0. The van der Waals surface area contributed by atoms with Gasteiger partial charge in [-0.15, -0.1) is 0 Å². The van der Waals surface area contributed by atoms with E-state index in [0.717, 1.165) is 0 Å². The zero-order valence-electron chi connectivity index (χ0n) is 29.7. The quantitative estimate of drug-likeness (QED) is 0.0498. The Morgan fingerprint density at radius 2 is 0.704 bits per heavy atom. The first-order valence-electron chi connectivity index (χ1n) is 15.4. The second-order valence-electron chi connectivity index (χ2n) is 9.28. The molecule has 0 aromatic rings. The number of hydrogen-bond acceptors (Lipinski definition) is 18. The molecule has 0 amide bonds. The van der Waals surface area contributed by atoms with E-state index in [1.54, 1.807) is 34.6 Å². The molecular formula is C32H60O22. The lowest BCUT2D eigenvalue weighted by molar-refractivity contribution is -0.171. The van der Waals surface area contributed by atoms with Crippen LogP contribution in [0.1, 0.15) is 94.4 Å². The van der Waals surface area contributed by atoms with E-state index < -0.39 is 98.1 Å². The van der Waals surface area contributed by atoms with Gasteiger partial charge in [0.25, 0.3) is 0 Å². The van der Waals surface area contributed by atoms with Gasteiger partial charge in [0, 0.05) is 32.1 Å². The molecule has 0 bridgehead atoms. The van der Waals surface area contributed by atoms with E-state index in [1.165, 1.54) is 0 Å². The predicted molar refractivity (Wildman–Crippen MR) is 184 cm³/mol. The van der Waals surface area contributed by atoms with Crippen LogP contribution < -0.4 is 0 Å². The van der Waals surface area contributed by atoms with Gasteiger partial charge in [-0.1, -0.05) is 49.5 Å². The van der Waals surface area contributed by atoms with Crippen LogP contribution in [0.2, 0.25) is 0 Å². The number of carboxylic acid groups (broad SMARTS) is 3. The third-order valence-electron chi connectivity index (χ3n) is 4.79. The van der Waals surface area contributed by atoms with Crippen LogP contribution in [0.25, 0.3) is 0 Å². The molecule has 0 rings (SSSR count). The standard InChI is InChI=1S/C21H32O12.C3H4O4.C3H8O3.C3H6O2.2CH4.H2O/c1-5-16(22)28-10-14(32-18(24)7-3)12-30-20(26)9-21(27)31-13-15(33-19(25)8-4)11-29-17(23)6-2;4-2(5)1-3(6)7;4-1-3(6)2-5;1-2-3(4)5;;;/h14-15H,5-13H2,1-4H3;1H2,(H,4,5)(H,6,7);3-6H,1-2H2;2H2,1H3,(H,4,5);2*1H4;1H2. The van der Waals surface area contributed by atoms with Crippen LogP contribution in [0.15, 0.2) is 0 Å². The summed E-state index contributed by atoms with van der Waals surface area (Å²) in [4.78, 5) is 97.5. The molecular weight excluding hydrogens is 736 g/mol. The molecule has 0 fully saturated rings. The largest absolute Gasteiger partial charge is 0.481 e. The zero-order valence-corrected chi connectivity index (χ0v) is 29.7. The zero-order chi connectivity index (χ0) is 40.4. The Hall–Kier alpha value is -4.93. The smallest absolute Gasteiger partial charge is 0.317 e. The fraction of sp³-hybridized carbons (Fsp3) is 0.719. The van der Waals surface area contributed by atoms with Gasteiger partial charge in [-0.2, -0.15) is 0 Å². The van der Waals surface area contributed by atoms with Crippen LogP contribution in [0.5, 0.6) is 0 Å². The van der Waals surface area contributed by atoms with Crippen LogP contribution in [0.4, 0.5) is 0 Å². The normalized spacial score (nSPS) is 10.2. The molecule has 320 valence electrons. The summed E-state index contributed by atoms with van der Waals surface area (Å²) >= 11 is 0. The van der Waals surface area contributed by atoms with E-state index in [0.29, 0.717) is 0 Å². The number of aliphatic hydroxyl groups excluding tert-OH is 3. The Morgan fingerprint density at radius 3 is 0.870 bits per heavy atom. The van der Waals surface area contributed by atoms with Crippen molar-refractivity contribution in [3.05, 3.63) is 0 Å². The first kappa shape index (κ1) is 64.1. The van der Waals surface area contributed by atoms with Crippen molar-refractivity contribution in [3.8, 4) is 0 Å². The van der Waals surface area contributed by atoms with Crippen molar-refractivity contribution in [2.75, 3.05) is 39.6 Å². The first-order valence-corrected chi connectivity index (χ1v) is 15.4. The summed E-state index contributed by atoms with van der Waals surface area (Å²) in [6.45, 7) is 5.69. The molecule has 8 N–H and O–H groups in total. The summed E-state index contributed by atoms with van der Waals surface area (Å²) in [5.74, 6) is -7.53. The molecule has 0 aliphatic heterocycles. The third kappa shape index (κ3) is 49.2. The molecule has 0 saturated heterocycles. The minimum atomic E-state index is -1.31. The number of rotatable bonds is 21. The lowest BCUT2D eigenvalue weighted by Gasteiger charge is -2.18. The molecule has 0 radical (unpaired) electrons. The van der Waals surface area contributed by atoms with Gasteiger partial charge in [-0.3, -0.25) is 43.2 Å². The van der Waals surface area contributed by atoms with E-state index in [9.17, 15) is 43.2 Å². The predicted octanol–water partition coefficient (Wildman–Crippen LogP) is -0.181. The number of esters is 6. The number of hydrogen-bond donors (Lipinski definition) is 6. The van der Waals surface area contributed by atoms with E-state index >= 15 is 0 Å². The summed E-state index contributed by atoms with van der Waals surface area (Å²) in [6, 6.07) is 0. The van der Waals surface area contributed by atoms with Crippen molar-refractivity contribution in [2.45, 2.75) is 113 Å². The maximum Gasteiger partial charge on any atom is 0.317 e. The maximum atomic E-state index is 11.9. The molecule has 0 aliphatic rings. The molecule has 0 saturated carbocycles. The number of carboxylic acids is 3. The van der Waals surface area contributed by atoms with Crippen molar-refractivity contribution in [1.29, 1.82) is 0 Å². The van der Waals surface area contributed by atoms with Gasteiger partial charge >= 0.3 is 53.7 Å². The average molecular weight is 797 g/mol. The highest BCUT2D eigenvalue weighted by Crippen LogP contribution is 2.04. The fourth-order valence-electron chi connectivity index (χ4n) is 2.13. The highest BCUT2D eigenvalue weighted by Gasteiger charge is 2.22. The summed E-state index contributed by atoms with van der Waals surface area (Å²) in [5, 5.41) is 47.1. The van der Waals surface area contributed by atoms with Crippen molar-refractivity contribution < 1.29 is 108 Å². The Balaban J connectivity index is -0.000000173. The fourth-order valence-corrected chi connectivity index (χ4v) is 2.13. The molecule has 2 atom stereocenters. The number of aliphatic hydroxyl groups is 3. The SMILES string of the molecule is C.C.CCC(=O)O.CCC(=O)OCC(COC(=O)CC(=O)OCC(COC(=O)CC)OC(=O)CC)OC(=O)CC.O.O=C(O)CC(=O)O.OCC(O)CO. The van der Waals surface area contributed by atoms with E-state index in [1.807, 2.05) is 0 Å². The van der Waals surface area contributed by atoms with E-state index in [-0.39, 0.29) is 78.9 Å². The number of ether oxygens (including phenoxy) is 6. The lowest BCUT2D eigenvalue weighted by Crippen LogP contribution is -2.32. The van der Waals surface area contributed by atoms with Gasteiger partial charge in [0.2, 0.25) is 0 Å². The molecule has 0 aliphatic carbocycles. The van der Waals surface area contributed by atoms with E-state index in [2.05, 4.69) is 0 Å².